The molecule has 1 aromatic carbocycles. The molecule has 8 heteroatoms. The van der Waals surface area contributed by atoms with Crippen molar-refractivity contribution in [3.8, 4) is 5.75 Å². The van der Waals surface area contributed by atoms with E-state index in [1.54, 1.807) is 18.6 Å². The van der Waals surface area contributed by atoms with Gasteiger partial charge in [-0.25, -0.2) is 4.98 Å². The third kappa shape index (κ3) is 6.63. The third-order valence-corrected chi connectivity index (χ3v) is 5.81. The zero-order valence-corrected chi connectivity index (χ0v) is 19.1. The van der Waals surface area contributed by atoms with E-state index in [1.165, 1.54) is 0 Å². The number of aromatic nitrogens is 3. The maximum absolute atomic E-state index is 13.4. The first kappa shape index (κ1) is 22.9. The maximum atomic E-state index is 13.4. The van der Waals surface area contributed by atoms with Gasteiger partial charge >= 0.3 is 0 Å². The van der Waals surface area contributed by atoms with E-state index in [0.29, 0.717) is 31.0 Å². The molecule has 33 heavy (non-hydrogen) atoms. The molecule has 0 saturated carbocycles. The summed E-state index contributed by atoms with van der Waals surface area (Å²) in [5, 5.41) is 0. The van der Waals surface area contributed by atoms with E-state index in [-0.39, 0.29) is 5.91 Å². The van der Waals surface area contributed by atoms with E-state index in [9.17, 15) is 4.79 Å². The Morgan fingerprint density at radius 1 is 1.09 bits per heavy atom. The molecule has 4 rings (SSSR count). The van der Waals surface area contributed by atoms with Gasteiger partial charge in [-0.05, 0) is 48.4 Å². The highest BCUT2D eigenvalue weighted by molar-refractivity contribution is 5.94. The maximum Gasteiger partial charge on any atom is 0.254 e. The van der Waals surface area contributed by atoms with Gasteiger partial charge in [0, 0.05) is 70.1 Å². The van der Waals surface area contributed by atoms with Crippen LogP contribution in [-0.4, -0.2) is 69.6 Å². The molecule has 0 spiro atoms. The summed E-state index contributed by atoms with van der Waals surface area (Å²) in [6, 6.07) is 11.3. The molecule has 174 valence electrons. The molecule has 0 aliphatic carbocycles. The molecule has 3 aromatic rings. The fourth-order valence-electron chi connectivity index (χ4n) is 3.83. The van der Waals surface area contributed by atoms with Crippen LogP contribution >= 0.6 is 0 Å². The van der Waals surface area contributed by atoms with Crippen molar-refractivity contribution in [3.63, 3.8) is 0 Å². The number of imidazole rings is 1. The number of hydrogen-bond acceptors (Lipinski definition) is 6. The lowest BCUT2D eigenvalue weighted by Gasteiger charge is -2.28. The van der Waals surface area contributed by atoms with Crippen molar-refractivity contribution in [2.24, 2.45) is 7.05 Å². The lowest BCUT2D eigenvalue weighted by Crippen LogP contribution is -2.39. The van der Waals surface area contributed by atoms with Gasteiger partial charge < -0.3 is 18.9 Å². The highest BCUT2D eigenvalue weighted by atomic mass is 16.5. The Labute approximate surface area is 194 Å². The Hall–Kier alpha value is -3.23. The highest BCUT2D eigenvalue weighted by Crippen LogP contribution is 2.17. The minimum Gasteiger partial charge on any atom is -0.486 e. The van der Waals surface area contributed by atoms with Gasteiger partial charge in [-0.3, -0.25) is 14.7 Å². The van der Waals surface area contributed by atoms with Crippen molar-refractivity contribution in [1.82, 2.24) is 24.3 Å². The molecule has 8 nitrogen and oxygen atoms in total. The van der Waals surface area contributed by atoms with Crippen LogP contribution in [0.2, 0.25) is 0 Å². The molecule has 1 aliphatic rings. The second kappa shape index (κ2) is 11.6. The number of amides is 1. The lowest BCUT2D eigenvalue weighted by atomic mass is 10.1. The van der Waals surface area contributed by atoms with Crippen molar-refractivity contribution in [3.05, 3.63) is 78.1 Å². The van der Waals surface area contributed by atoms with Crippen molar-refractivity contribution < 1.29 is 14.3 Å². The number of carbonyl (C=O) groups is 1. The van der Waals surface area contributed by atoms with Crippen LogP contribution in [0, 0.1) is 0 Å². The normalized spacial score (nSPS) is 14.2. The van der Waals surface area contributed by atoms with Gasteiger partial charge in [-0.15, -0.1) is 0 Å². The van der Waals surface area contributed by atoms with Gasteiger partial charge in [0.1, 0.15) is 18.2 Å². The minimum atomic E-state index is 0.0180. The first-order chi connectivity index (χ1) is 16.2. The molecule has 0 unspecified atom stereocenters. The fourth-order valence-corrected chi connectivity index (χ4v) is 3.83. The van der Waals surface area contributed by atoms with Gasteiger partial charge in [0.15, 0.2) is 0 Å². The standard InChI is InChI=1S/C25H31N5O3/c1-28-14-11-27-24(28)20-33-23-5-3-22(4-6-23)25(31)30(19-21-7-9-26-10-8-21)13-2-12-29-15-17-32-18-16-29/h3-11,14H,2,12-13,15-20H2,1H3. The molecule has 1 aliphatic heterocycles. The molecule has 3 heterocycles. The summed E-state index contributed by atoms with van der Waals surface area (Å²) in [7, 11) is 1.93. The zero-order chi connectivity index (χ0) is 22.9. The van der Waals surface area contributed by atoms with E-state index in [2.05, 4.69) is 14.9 Å². The number of hydrogen-bond donors (Lipinski definition) is 0. The van der Waals surface area contributed by atoms with Crippen molar-refractivity contribution in [2.75, 3.05) is 39.4 Å². The molecule has 1 fully saturated rings. The van der Waals surface area contributed by atoms with Crippen LogP contribution in [-0.2, 0) is 24.9 Å². The second-order valence-electron chi connectivity index (χ2n) is 8.16. The molecule has 1 saturated heterocycles. The number of morpholine rings is 1. The summed E-state index contributed by atoms with van der Waals surface area (Å²) in [5.74, 6) is 1.57. The molecule has 0 bridgehead atoms. The van der Waals surface area contributed by atoms with E-state index >= 15 is 0 Å². The van der Waals surface area contributed by atoms with Gasteiger partial charge in [0.2, 0.25) is 0 Å². The van der Waals surface area contributed by atoms with Crippen LogP contribution in [0.4, 0.5) is 0 Å². The predicted molar refractivity (Wildman–Crippen MR) is 125 cm³/mol. The van der Waals surface area contributed by atoms with E-state index in [4.69, 9.17) is 9.47 Å². The topological polar surface area (TPSA) is 72.7 Å². The summed E-state index contributed by atoms with van der Waals surface area (Å²) in [5.41, 5.74) is 1.72. The molecular weight excluding hydrogens is 418 g/mol. The first-order valence-electron chi connectivity index (χ1n) is 11.4. The Balaban J connectivity index is 1.37. The number of benzene rings is 1. The van der Waals surface area contributed by atoms with Gasteiger partial charge in [-0.2, -0.15) is 0 Å². The highest BCUT2D eigenvalue weighted by Gasteiger charge is 2.18. The van der Waals surface area contributed by atoms with Crippen LogP contribution in [0.15, 0.2) is 61.2 Å². The predicted octanol–water partition coefficient (Wildman–Crippen LogP) is 2.76. The van der Waals surface area contributed by atoms with E-state index < -0.39 is 0 Å². The Bertz CT molecular complexity index is 1000. The van der Waals surface area contributed by atoms with Gasteiger partial charge in [-0.1, -0.05) is 0 Å². The Morgan fingerprint density at radius 2 is 1.85 bits per heavy atom. The minimum absolute atomic E-state index is 0.0180. The summed E-state index contributed by atoms with van der Waals surface area (Å²) in [6.07, 6.45) is 8.08. The third-order valence-electron chi connectivity index (χ3n) is 5.81. The molecule has 0 radical (unpaired) electrons. The van der Waals surface area contributed by atoms with Crippen molar-refractivity contribution in [1.29, 1.82) is 0 Å². The van der Waals surface area contributed by atoms with Gasteiger partial charge in [0.25, 0.3) is 5.91 Å². The fraction of sp³-hybridized carbons (Fsp3) is 0.400. The van der Waals surface area contributed by atoms with Gasteiger partial charge in [0.05, 0.1) is 13.2 Å². The summed E-state index contributed by atoms with van der Waals surface area (Å²) < 4.78 is 13.2. The van der Waals surface area contributed by atoms with Crippen LogP contribution in [0.3, 0.4) is 0 Å². The number of rotatable bonds is 10. The van der Waals surface area contributed by atoms with Crippen molar-refractivity contribution >= 4 is 5.91 Å². The van der Waals surface area contributed by atoms with Crippen LogP contribution < -0.4 is 4.74 Å². The quantitative estimate of drug-likeness (QED) is 0.474. The average Bonchev–Trinajstić information content (AvgIpc) is 3.28. The Kier molecular flexibility index (Phi) is 8.05. The van der Waals surface area contributed by atoms with E-state index in [0.717, 1.165) is 50.7 Å². The molecule has 1 amide bonds. The SMILES string of the molecule is Cn1ccnc1COc1ccc(C(=O)N(CCCN2CCOCC2)Cc2ccncc2)cc1. The van der Waals surface area contributed by atoms with Crippen LogP contribution in [0.5, 0.6) is 5.75 Å². The molecule has 0 N–H and O–H groups in total. The van der Waals surface area contributed by atoms with Crippen molar-refractivity contribution in [2.45, 2.75) is 19.6 Å². The first-order valence-corrected chi connectivity index (χ1v) is 11.4. The number of aryl methyl sites for hydroxylation is 1. The Morgan fingerprint density at radius 3 is 2.55 bits per heavy atom. The average molecular weight is 450 g/mol. The summed E-state index contributed by atoms with van der Waals surface area (Å²) in [6.45, 7) is 6.08. The lowest BCUT2D eigenvalue weighted by molar-refractivity contribution is 0.0355. The summed E-state index contributed by atoms with van der Waals surface area (Å²) in [4.78, 5) is 26.0. The number of pyridine rings is 1. The molecule has 0 atom stereocenters. The summed E-state index contributed by atoms with van der Waals surface area (Å²) >= 11 is 0. The largest absolute Gasteiger partial charge is 0.486 e. The molecule has 2 aromatic heterocycles. The second-order valence-corrected chi connectivity index (χ2v) is 8.16. The van der Waals surface area contributed by atoms with Crippen LogP contribution in [0.25, 0.3) is 0 Å². The van der Waals surface area contributed by atoms with Crippen LogP contribution in [0.1, 0.15) is 28.2 Å². The zero-order valence-electron chi connectivity index (χ0n) is 19.1. The smallest absolute Gasteiger partial charge is 0.254 e. The molecular formula is C25H31N5O3. The number of ether oxygens (including phenoxy) is 2. The van der Waals surface area contributed by atoms with E-state index in [1.807, 2.05) is 59.1 Å². The number of carbonyl (C=O) groups excluding carboxylic acids is 1. The monoisotopic (exact) mass is 449 g/mol. The number of nitrogens with zero attached hydrogens (tertiary/aromatic N) is 5.